The van der Waals surface area contributed by atoms with Gasteiger partial charge in [-0.05, 0) is 31.7 Å². The van der Waals surface area contributed by atoms with Crippen LogP contribution in [0.5, 0.6) is 0 Å². The standard InChI is InChI=1S/C14H15FN2O2S/c1-9-16-11(8-20-9)7-17(2)6-10-3-4-13(15)12(5-10)14(18)19/h3-5,8H,6-7H2,1-2H3,(H,18,19). The van der Waals surface area contributed by atoms with Crippen molar-refractivity contribution in [1.82, 2.24) is 9.88 Å². The monoisotopic (exact) mass is 294 g/mol. The van der Waals surface area contributed by atoms with E-state index in [1.54, 1.807) is 17.4 Å². The fourth-order valence-corrected chi connectivity index (χ4v) is 2.56. The summed E-state index contributed by atoms with van der Waals surface area (Å²) in [7, 11) is 1.92. The van der Waals surface area contributed by atoms with E-state index in [4.69, 9.17) is 5.11 Å². The fraction of sp³-hybridized carbons (Fsp3) is 0.286. The van der Waals surface area contributed by atoms with E-state index in [0.717, 1.165) is 16.3 Å². The zero-order valence-electron chi connectivity index (χ0n) is 11.3. The molecule has 0 unspecified atom stereocenters. The second-order valence-corrected chi connectivity index (χ2v) is 5.71. The second kappa shape index (κ2) is 6.11. The molecule has 0 fully saturated rings. The summed E-state index contributed by atoms with van der Waals surface area (Å²) in [6.45, 7) is 3.16. The highest BCUT2D eigenvalue weighted by atomic mass is 32.1. The van der Waals surface area contributed by atoms with Crippen LogP contribution < -0.4 is 0 Å². The smallest absolute Gasteiger partial charge is 0.338 e. The average molecular weight is 294 g/mol. The van der Waals surface area contributed by atoms with Gasteiger partial charge in [0, 0.05) is 18.5 Å². The van der Waals surface area contributed by atoms with Crippen LogP contribution in [0.4, 0.5) is 4.39 Å². The van der Waals surface area contributed by atoms with Gasteiger partial charge in [0.05, 0.1) is 16.3 Å². The molecule has 106 valence electrons. The van der Waals surface area contributed by atoms with Crippen molar-refractivity contribution in [2.45, 2.75) is 20.0 Å². The molecule has 1 N–H and O–H groups in total. The predicted octanol–water partition coefficient (Wildman–Crippen LogP) is 2.92. The Bertz CT molecular complexity index is 627. The van der Waals surface area contributed by atoms with E-state index in [-0.39, 0.29) is 5.56 Å². The van der Waals surface area contributed by atoms with Gasteiger partial charge in [-0.1, -0.05) is 6.07 Å². The number of thiazole rings is 1. The van der Waals surface area contributed by atoms with E-state index in [9.17, 15) is 9.18 Å². The van der Waals surface area contributed by atoms with Gasteiger partial charge in [0.2, 0.25) is 0 Å². The molecular weight excluding hydrogens is 279 g/mol. The van der Waals surface area contributed by atoms with Gasteiger partial charge in [-0.3, -0.25) is 4.90 Å². The van der Waals surface area contributed by atoms with Gasteiger partial charge in [-0.15, -0.1) is 11.3 Å². The number of carboxylic acids is 1. The first-order chi connectivity index (χ1) is 9.45. The number of carboxylic acid groups (broad SMARTS) is 1. The number of halogens is 1. The average Bonchev–Trinajstić information content (AvgIpc) is 2.76. The topological polar surface area (TPSA) is 53.4 Å². The minimum Gasteiger partial charge on any atom is -0.478 e. The van der Waals surface area contributed by atoms with Crippen LogP contribution >= 0.6 is 11.3 Å². The number of hydrogen-bond donors (Lipinski definition) is 1. The molecule has 1 aromatic heterocycles. The van der Waals surface area contributed by atoms with Gasteiger partial charge in [-0.2, -0.15) is 0 Å². The SMILES string of the molecule is Cc1nc(CN(C)Cc2ccc(F)c(C(=O)O)c2)cs1. The number of carbonyl (C=O) groups is 1. The number of nitrogens with zero attached hydrogens (tertiary/aromatic N) is 2. The van der Waals surface area contributed by atoms with Gasteiger partial charge in [0.25, 0.3) is 0 Å². The molecule has 0 radical (unpaired) electrons. The molecule has 2 rings (SSSR count). The van der Waals surface area contributed by atoms with Crippen molar-refractivity contribution in [3.63, 3.8) is 0 Å². The Morgan fingerprint density at radius 1 is 1.45 bits per heavy atom. The molecule has 0 atom stereocenters. The maximum atomic E-state index is 13.3. The molecule has 6 heteroatoms. The van der Waals surface area contributed by atoms with Crippen LogP contribution in [0.15, 0.2) is 23.6 Å². The van der Waals surface area contributed by atoms with Crippen molar-refractivity contribution in [2.75, 3.05) is 7.05 Å². The van der Waals surface area contributed by atoms with Gasteiger partial charge >= 0.3 is 5.97 Å². The zero-order valence-corrected chi connectivity index (χ0v) is 12.1. The molecule has 0 saturated carbocycles. The second-order valence-electron chi connectivity index (χ2n) is 4.65. The highest BCUT2D eigenvalue weighted by molar-refractivity contribution is 7.09. The molecule has 0 aliphatic rings. The number of hydrogen-bond acceptors (Lipinski definition) is 4. The number of benzene rings is 1. The Labute approximate surface area is 120 Å². The molecular formula is C14H15FN2O2S. The van der Waals surface area contributed by atoms with Gasteiger partial charge in [0.15, 0.2) is 0 Å². The van der Waals surface area contributed by atoms with E-state index < -0.39 is 11.8 Å². The van der Waals surface area contributed by atoms with Crippen molar-refractivity contribution < 1.29 is 14.3 Å². The maximum Gasteiger partial charge on any atom is 0.338 e. The number of aromatic nitrogens is 1. The molecule has 0 spiro atoms. The minimum absolute atomic E-state index is 0.291. The molecule has 20 heavy (non-hydrogen) atoms. The Kier molecular flexibility index (Phi) is 4.46. The van der Waals surface area contributed by atoms with E-state index >= 15 is 0 Å². The third-order valence-electron chi connectivity index (χ3n) is 2.81. The Balaban J connectivity index is 2.06. The Morgan fingerprint density at radius 3 is 2.80 bits per heavy atom. The summed E-state index contributed by atoms with van der Waals surface area (Å²) in [6, 6.07) is 4.17. The van der Waals surface area contributed by atoms with E-state index in [1.807, 2.05) is 24.3 Å². The van der Waals surface area contributed by atoms with Crippen molar-refractivity contribution in [2.24, 2.45) is 0 Å². The lowest BCUT2D eigenvalue weighted by Crippen LogP contribution is -2.18. The maximum absolute atomic E-state index is 13.3. The number of rotatable bonds is 5. The minimum atomic E-state index is -1.25. The largest absolute Gasteiger partial charge is 0.478 e. The summed E-state index contributed by atoms with van der Waals surface area (Å²) in [4.78, 5) is 17.3. The Morgan fingerprint density at radius 2 is 2.20 bits per heavy atom. The predicted molar refractivity (Wildman–Crippen MR) is 75.4 cm³/mol. The summed E-state index contributed by atoms with van der Waals surface area (Å²) < 4.78 is 13.3. The van der Waals surface area contributed by atoms with Crippen LogP contribution in [0.1, 0.15) is 26.6 Å². The van der Waals surface area contributed by atoms with Crippen LogP contribution in [-0.2, 0) is 13.1 Å². The molecule has 0 bridgehead atoms. The van der Waals surface area contributed by atoms with Crippen LogP contribution in [0.2, 0.25) is 0 Å². The third kappa shape index (κ3) is 3.61. The summed E-state index contributed by atoms with van der Waals surface area (Å²) in [5.41, 5.74) is 1.45. The van der Waals surface area contributed by atoms with Crippen molar-refractivity contribution in [3.8, 4) is 0 Å². The van der Waals surface area contributed by atoms with E-state index in [0.29, 0.717) is 13.1 Å². The van der Waals surface area contributed by atoms with Gasteiger partial charge in [-0.25, -0.2) is 14.2 Å². The van der Waals surface area contributed by atoms with Crippen LogP contribution in [-0.4, -0.2) is 28.0 Å². The lowest BCUT2D eigenvalue weighted by molar-refractivity contribution is 0.0691. The first-order valence-corrected chi connectivity index (χ1v) is 6.95. The summed E-state index contributed by atoms with van der Waals surface area (Å²) in [5, 5.41) is 11.9. The first kappa shape index (κ1) is 14.6. The van der Waals surface area contributed by atoms with Crippen LogP contribution in [0, 0.1) is 12.7 Å². The molecule has 0 aliphatic carbocycles. The molecule has 0 aliphatic heterocycles. The molecule has 0 amide bonds. The van der Waals surface area contributed by atoms with Crippen molar-refractivity contribution >= 4 is 17.3 Å². The molecule has 2 aromatic rings. The summed E-state index contributed by atoms with van der Waals surface area (Å²) in [6.07, 6.45) is 0. The molecule has 1 aromatic carbocycles. The highest BCUT2D eigenvalue weighted by Crippen LogP contribution is 2.14. The van der Waals surface area contributed by atoms with Crippen molar-refractivity contribution in [1.29, 1.82) is 0 Å². The lowest BCUT2D eigenvalue weighted by atomic mass is 10.1. The third-order valence-corrected chi connectivity index (χ3v) is 3.63. The highest BCUT2D eigenvalue weighted by Gasteiger charge is 2.12. The van der Waals surface area contributed by atoms with Crippen LogP contribution in [0.3, 0.4) is 0 Å². The number of aromatic carboxylic acids is 1. The van der Waals surface area contributed by atoms with E-state index in [2.05, 4.69) is 4.98 Å². The molecule has 0 saturated heterocycles. The van der Waals surface area contributed by atoms with E-state index in [1.165, 1.54) is 12.1 Å². The molecule has 1 heterocycles. The quantitative estimate of drug-likeness (QED) is 0.921. The van der Waals surface area contributed by atoms with Gasteiger partial charge in [0.1, 0.15) is 5.82 Å². The Hall–Kier alpha value is -1.79. The summed E-state index contributed by atoms with van der Waals surface area (Å²) >= 11 is 1.60. The lowest BCUT2D eigenvalue weighted by Gasteiger charge is -2.15. The van der Waals surface area contributed by atoms with Gasteiger partial charge < -0.3 is 5.11 Å². The van der Waals surface area contributed by atoms with Crippen molar-refractivity contribution in [3.05, 3.63) is 51.2 Å². The number of aryl methyl sites for hydroxylation is 1. The molecule has 4 nitrogen and oxygen atoms in total. The zero-order chi connectivity index (χ0) is 14.7. The first-order valence-electron chi connectivity index (χ1n) is 6.07. The summed E-state index contributed by atoms with van der Waals surface area (Å²) in [5.74, 6) is -1.96. The fourth-order valence-electron chi connectivity index (χ4n) is 1.96. The van der Waals surface area contributed by atoms with Crippen LogP contribution in [0.25, 0.3) is 0 Å². The normalized spacial score (nSPS) is 11.0.